The Morgan fingerprint density at radius 1 is 1.09 bits per heavy atom. The quantitative estimate of drug-likeness (QED) is 0.740. The predicted molar refractivity (Wildman–Crippen MR) is 84.8 cm³/mol. The number of hydrogen-bond donors (Lipinski definition) is 1. The lowest BCUT2D eigenvalue weighted by molar-refractivity contribution is 0.630. The van der Waals surface area contributed by atoms with Gasteiger partial charge in [0.1, 0.15) is 5.82 Å². The Kier molecular flexibility index (Phi) is 3.70. The summed E-state index contributed by atoms with van der Waals surface area (Å²) in [6, 6.07) is 15.4. The highest BCUT2D eigenvalue weighted by Crippen LogP contribution is 2.16. The number of hydrogen-bond acceptors (Lipinski definition) is 2. The van der Waals surface area contributed by atoms with Gasteiger partial charge in [0.25, 0.3) is 5.56 Å². The average Bonchev–Trinajstić information content (AvgIpc) is 2.82. The lowest BCUT2D eigenvalue weighted by Gasteiger charge is -1.99. The maximum atomic E-state index is 13.6. The summed E-state index contributed by atoms with van der Waals surface area (Å²) in [5, 5.41) is 3.00. The van der Waals surface area contributed by atoms with Gasteiger partial charge in [-0.05, 0) is 31.2 Å². The molecule has 5 heteroatoms. The minimum Gasteiger partial charge on any atom is -0.295 e. The fourth-order valence-electron chi connectivity index (χ4n) is 2.16. The van der Waals surface area contributed by atoms with Gasteiger partial charge in [0.2, 0.25) is 0 Å². The lowest BCUT2D eigenvalue weighted by Crippen LogP contribution is -2.17. The molecule has 0 saturated carbocycles. The van der Waals surface area contributed by atoms with Crippen molar-refractivity contribution in [3.63, 3.8) is 0 Å². The second kappa shape index (κ2) is 5.81. The molecule has 0 bridgehead atoms. The minimum atomic E-state index is -0.421. The summed E-state index contributed by atoms with van der Waals surface area (Å²) in [6.07, 6.45) is 1.39. The van der Waals surface area contributed by atoms with Crippen molar-refractivity contribution in [3.05, 3.63) is 82.0 Å². The number of aromatic amines is 1. The topological polar surface area (TPSA) is 50.1 Å². The molecule has 22 heavy (non-hydrogen) atoms. The van der Waals surface area contributed by atoms with Crippen molar-refractivity contribution in [1.29, 1.82) is 0 Å². The Balaban J connectivity index is 2.01. The minimum absolute atomic E-state index is 0.203. The van der Waals surface area contributed by atoms with E-state index in [1.54, 1.807) is 25.1 Å². The maximum absolute atomic E-state index is 13.6. The summed E-state index contributed by atoms with van der Waals surface area (Å²) < 4.78 is 15.0. The number of aliphatic imine (C=N–C) groups is 1. The summed E-state index contributed by atoms with van der Waals surface area (Å²) in [7, 11) is 0. The Hall–Kier alpha value is -2.95. The molecule has 2 aromatic carbocycles. The van der Waals surface area contributed by atoms with Crippen molar-refractivity contribution >= 4 is 11.9 Å². The summed E-state index contributed by atoms with van der Waals surface area (Å²) in [5.74, 6) is -0.421. The smallest absolute Gasteiger partial charge is 0.280 e. The molecule has 0 amide bonds. The number of nitrogens with zero attached hydrogens (tertiary/aromatic N) is 2. The van der Waals surface area contributed by atoms with Crippen LogP contribution in [0, 0.1) is 12.7 Å². The second-order valence-electron chi connectivity index (χ2n) is 4.84. The molecule has 0 fully saturated rings. The van der Waals surface area contributed by atoms with E-state index in [1.807, 2.05) is 30.3 Å². The highest BCUT2D eigenvalue weighted by molar-refractivity contribution is 5.83. The van der Waals surface area contributed by atoms with Crippen molar-refractivity contribution in [3.8, 4) is 5.69 Å². The van der Waals surface area contributed by atoms with Gasteiger partial charge in [0, 0.05) is 11.9 Å². The monoisotopic (exact) mass is 295 g/mol. The normalized spacial score (nSPS) is 11.2. The molecule has 0 saturated heterocycles. The van der Waals surface area contributed by atoms with Crippen molar-refractivity contribution in [2.24, 2.45) is 4.99 Å². The van der Waals surface area contributed by atoms with Crippen LogP contribution >= 0.6 is 0 Å². The molecule has 0 unspecified atom stereocenters. The molecular formula is C17H14FN3O. The van der Waals surface area contributed by atoms with Crippen LogP contribution in [0.5, 0.6) is 0 Å². The van der Waals surface area contributed by atoms with E-state index in [-0.39, 0.29) is 11.2 Å². The van der Waals surface area contributed by atoms with E-state index in [1.165, 1.54) is 17.0 Å². The molecule has 110 valence electrons. The predicted octanol–water partition coefficient (Wildman–Crippen LogP) is 3.36. The third kappa shape index (κ3) is 2.61. The van der Waals surface area contributed by atoms with Gasteiger partial charge in [-0.2, -0.15) is 0 Å². The molecule has 0 atom stereocenters. The number of aromatic nitrogens is 2. The van der Waals surface area contributed by atoms with Gasteiger partial charge in [-0.25, -0.2) is 9.07 Å². The van der Waals surface area contributed by atoms with Crippen LogP contribution in [0.25, 0.3) is 5.69 Å². The number of H-pyrrole nitrogens is 1. The molecule has 1 N–H and O–H groups in total. The van der Waals surface area contributed by atoms with Gasteiger partial charge in [-0.3, -0.25) is 14.9 Å². The molecule has 1 heterocycles. The highest BCUT2D eigenvalue weighted by Gasteiger charge is 2.10. The van der Waals surface area contributed by atoms with Crippen molar-refractivity contribution in [2.45, 2.75) is 6.92 Å². The molecule has 3 aromatic rings. The van der Waals surface area contributed by atoms with E-state index in [0.717, 1.165) is 5.69 Å². The molecule has 0 aliphatic heterocycles. The van der Waals surface area contributed by atoms with Crippen LogP contribution < -0.4 is 5.56 Å². The van der Waals surface area contributed by atoms with E-state index in [9.17, 15) is 9.18 Å². The Morgan fingerprint density at radius 3 is 2.50 bits per heavy atom. The molecule has 3 rings (SSSR count). The first kappa shape index (κ1) is 14.0. The van der Waals surface area contributed by atoms with E-state index < -0.39 is 5.82 Å². The zero-order valence-corrected chi connectivity index (χ0v) is 12.0. The van der Waals surface area contributed by atoms with Crippen LogP contribution in [0.3, 0.4) is 0 Å². The Morgan fingerprint density at radius 2 is 1.77 bits per heavy atom. The number of rotatable bonds is 3. The molecule has 0 aliphatic rings. The summed E-state index contributed by atoms with van der Waals surface area (Å²) >= 11 is 0. The zero-order chi connectivity index (χ0) is 15.5. The summed E-state index contributed by atoms with van der Waals surface area (Å²) in [4.78, 5) is 16.5. The second-order valence-corrected chi connectivity index (χ2v) is 4.84. The fraction of sp³-hybridized carbons (Fsp3) is 0.0588. The summed E-state index contributed by atoms with van der Waals surface area (Å²) in [6.45, 7) is 1.78. The number of aryl methyl sites for hydroxylation is 1. The number of para-hydroxylation sites is 2. The number of halogens is 1. The van der Waals surface area contributed by atoms with Gasteiger partial charge >= 0.3 is 0 Å². The molecule has 0 spiro atoms. The molecule has 4 nitrogen and oxygen atoms in total. The van der Waals surface area contributed by atoms with Gasteiger partial charge in [0.05, 0.1) is 16.9 Å². The lowest BCUT2D eigenvalue weighted by atomic mass is 10.2. The first-order valence-electron chi connectivity index (χ1n) is 6.82. The van der Waals surface area contributed by atoms with Gasteiger partial charge in [0.15, 0.2) is 0 Å². The molecule has 0 aliphatic carbocycles. The maximum Gasteiger partial charge on any atom is 0.280 e. The average molecular weight is 295 g/mol. The Bertz CT molecular complexity index is 878. The number of nitrogens with one attached hydrogen (secondary N) is 1. The van der Waals surface area contributed by atoms with Crippen molar-refractivity contribution < 1.29 is 4.39 Å². The van der Waals surface area contributed by atoms with Crippen LogP contribution in [-0.4, -0.2) is 16.0 Å². The van der Waals surface area contributed by atoms with Crippen LogP contribution in [-0.2, 0) is 0 Å². The van der Waals surface area contributed by atoms with Gasteiger partial charge < -0.3 is 0 Å². The van der Waals surface area contributed by atoms with Gasteiger partial charge in [-0.1, -0.05) is 30.3 Å². The zero-order valence-electron chi connectivity index (χ0n) is 12.0. The molecule has 1 aromatic heterocycles. The van der Waals surface area contributed by atoms with Crippen LogP contribution in [0.4, 0.5) is 10.1 Å². The van der Waals surface area contributed by atoms with Crippen LogP contribution in [0.2, 0.25) is 0 Å². The van der Waals surface area contributed by atoms with Crippen molar-refractivity contribution in [1.82, 2.24) is 9.78 Å². The molecule has 0 radical (unpaired) electrons. The van der Waals surface area contributed by atoms with E-state index in [4.69, 9.17) is 0 Å². The van der Waals surface area contributed by atoms with E-state index in [0.29, 0.717) is 11.3 Å². The molecular weight excluding hydrogens is 281 g/mol. The Labute approximate surface area is 126 Å². The third-order valence-corrected chi connectivity index (χ3v) is 3.32. The van der Waals surface area contributed by atoms with Crippen molar-refractivity contribution in [2.75, 3.05) is 0 Å². The highest BCUT2D eigenvalue weighted by atomic mass is 19.1. The largest absolute Gasteiger partial charge is 0.295 e. The van der Waals surface area contributed by atoms with E-state index >= 15 is 0 Å². The van der Waals surface area contributed by atoms with Crippen LogP contribution in [0.15, 0.2) is 64.4 Å². The SMILES string of the molecule is Cc1[nH]n(-c2ccccc2)c(=O)c1C=Nc1ccccc1F. The van der Waals surface area contributed by atoms with E-state index in [2.05, 4.69) is 10.1 Å². The number of benzene rings is 2. The standard InChI is InChI=1S/C17H14FN3O/c1-12-14(11-19-16-10-6-5-9-15(16)18)17(22)21(20-12)13-7-3-2-4-8-13/h2-11,20H,1H3. The summed E-state index contributed by atoms with van der Waals surface area (Å²) in [5.41, 5.74) is 1.81. The first-order chi connectivity index (χ1) is 10.7. The first-order valence-corrected chi connectivity index (χ1v) is 6.82. The fourth-order valence-corrected chi connectivity index (χ4v) is 2.16. The third-order valence-electron chi connectivity index (χ3n) is 3.32. The van der Waals surface area contributed by atoms with Gasteiger partial charge in [-0.15, -0.1) is 0 Å². The van der Waals surface area contributed by atoms with Crippen LogP contribution in [0.1, 0.15) is 11.3 Å².